The number of ketones is 1. The first kappa shape index (κ1) is 20.2. The molecular weight excluding hydrogens is 386 g/mol. The van der Waals surface area contributed by atoms with Crippen molar-refractivity contribution in [1.82, 2.24) is 0 Å². The fraction of sp³-hybridized carbons (Fsp3) is 0.632. The van der Waals surface area contributed by atoms with E-state index < -0.39 is 0 Å². The lowest BCUT2D eigenvalue weighted by molar-refractivity contribution is -0.0636. The maximum absolute atomic E-state index is 12.3. The molecule has 140 valence electrons. The number of anilines is 1. The lowest BCUT2D eigenvalue weighted by Crippen LogP contribution is -2.25. The number of Topliss-reactive ketones (excluding diaryl/α,β-unsaturated/α-hetero) is 1. The lowest BCUT2D eigenvalue weighted by atomic mass is 9.84. The third-order valence-electron chi connectivity index (χ3n) is 4.43. The Morgan fingerprint density at radius 2 is 2.04 bits per heavy atom. The average molecular weight is 414 g/mol. The Morgan fingerprint density at radius 3 is 2.60 bits per heavy atom. The predicted octanol–water partition coefficient (Wildman–Crippen LogP) is 3.77. The van der Waals surface area contributed by atoms with Crippen LogP contribution in [0.2, 0.25) is 0 Å². The summed E-state index contributed by atoms with van der Waals surface area (Å²) in [7, 11) is 3.32. The molecule has 1 aliphatic heterocycles. The molecule has 1 aromatic rings. The fourth-order valence-corrected chi connectivity index (χ4v) is 3.43. The number of carbonyl (C=O) groups is 1. The van der Waals surface area contributed by atoms with Gasteiger partial charge >= 0.3 is 0 Å². The zero-order valence-corrected chi connectivity index (χ0v) is 17.3. The summed E-state index contributed by atoms with van der Waals surface area (Å²) in [5.41, 5.74) is 2.58. The fourth-order valence-electron chi connectivity index (χ4n) is 3.11. The van der Waals surface area contributed by atoms with E-state index in [1.807, 2.05) is 12.1 Å². The van der Waals surface area contributed by atoms with Gasteiger partial charge in [-0.3, -0.25) is 4.79 Å². The number of carbonyl (C=O) groups excluding carboxylic acids is 1. The van der Waals surface area contributed by atoms with Crippen LogP contribution in [0.15, 0.2) is 12.1 Å². The summed E-state index contributed by atoms with van der Waals surface area (Å²) in [6.45, 7) is 8.31. The molecule has 0 radical (unpaired) electrons. The number of ether oxygens (including phenoxy) is 3. The summed E-state index contributed by atoms with van der Waals surface area (Å²) >= 11 is 3.28. The Balaban J connectivity index is 2.43. The lowest BCUT2D eigenvalue weighted by Gasteiger charge is -2.29. The molecule has 0 unspecified atom stereocenters. The van der Waals surface area contributed by atoms with Crippen molar-refractivity contribution in [3.8, 4) is 5.75 Å². The van der Waals surface area contributed by atoms with Crippen molar-refractivity contribution < 1.29 is 19.0 Å². The number of rotatable bonds is 7. The number of nitrogens with zero attached hydrogens (tertiary/aromatic N) is 1. The van der Waals surface area contributed by atoms with Crippen molar-refractivity contribution in [2.75, 3.05) is 44.3 Å². The van der Waals surface area contributed by atoms with E-state index in [1.165, 1.54) is 0 Å². The number of alkyl halides is 1. The highest BCUT2D eigenvalue weighted by Crippen LogP contribution is 2.41. The zero-order chi connectivity index (χ0) is 18.6. The van der Waals surface area contributed by atoms with E-state index in [2.05, 4.69) is 41.6 Å². The van der Waals surface area contributed by atoms with Crippen molar-refractivity contribution >= 4 is 27.4 Å². The van der Waals surface area contributed by atoms with Gasteiger partial charge < -0.3 is 19.1 Å². The summed E-state index contributed by atoms with van der Waals surface area (Å²) in [6, 6.07) is 3.90. The number of hydrogen-bond acceptors (Lipinski definition) is 5. The number of benzene rings is 1. The molecule has 0 aromatic heterocycles. The summed E-state index contributed by atoms with van der Waals surface area (Å²) in [6.07, 6.45) is 1.05. The Bertz CT molecular complexity index is 612. The van der Waals surface area contributed by atoms with Gasteiger partial charge in [-0.1, -0.05) is 36.7 Å². The first-order valence-corrected chi connectivity index (χ1v) is 9.61. The molecular formula is C19H28BrNO4. The minimum atomic E-state index is -0.131. The molecule has 1 saturated heterocycles. The minimum absolute atomic E-state index is 0.0702. The van der Waals surface area contributed by atoms with Crippen LogP contribution in [0.5, 0.6) is 5.75 Å². The predicted molar refractivity (Wildman–Crippen MR) is 103 cm³/mol. The van der Waals surface area contributed by atoms with Gasteiger partial charge in [0.25, 0.3) is 0 Å². The molecule has 0 saturated carbocycles. The highest BCUT2D eigenvalue weighted by molar-refractivity contribution is 9.09. The summed E-state index contributed by atoms with van der Waals surface area (Å²) in [4.78, 5) is 14.6. The maximum Gasteiger partial charge on any atom is 0.173 e. The van der Waals surface area contributed by atoms with Crippen LogP contribution in [-0.4, -0.2) is 51.3 Å². The van der Waals surface area contributed by atoms with Crippen molar-refractivity contribution in [1.29, 1.82) is 0 Å². The van der Waals surface area contributed by atoms with Crippen LogP contribution in [0.3, 0.4) is 0 Å². The van der Waals surface area contributed by atoms with Crippen LogP contribution < -0.4 is 9.64 Å². The largest absolute Gasteiger partial charge is 0.494 e. The van der Waals surface area contributed by atoms with Gasteiger partial charge in [0.15, 0.2) is 5.78 Å². The minimum Gasteiger partial charge on any atom is -0.494 e. The second-order valence-electron chi connectivity index (χ2n) is 7.31. The monoisotopic (exact) mass is 413 g/mol. The second kappa shape index (κ2) is 8.52. The van der Waals surface area contributed by atoms with Gasteiger partial charge in [-0.25, -0.2) is 0 Å². The molecule has 1 aliphatic rings. The van der Waals surface area contributed by atoms with Crippen molar-refractivity contribution in [3.05, 3.63) is 23.3 Å². The molecule has 1 fully saturated rings. The molecule has 0 N–H and O–H groups in total. The molecule has 1 heterocycles. The zero-order valence-electron chi connectivity index (χ0n) is 15.7. The molecule has 25 heavy (non-hydrogen) atoms. The van der Waals surface area contributed by atoms with Crippen molar-refractivity contribution in [3.63, 3.8) is 0 Å². The van der Waals surface area contributed by atoms with E-state index in [9.17, 15) is 4.79 Å². The van der Waals surface area contributed by atoms with E-state index in [4.69, 9.17) is 14.2 Å². The van der Waals surface area contributed by atoms with Gasteiger partial charge in [-0.15, -0.1) is 0 Å². The summed E-state index contributed by atoms with van der Waals surface area (Å²) in [5, 5.41) is 0.307. The van der Waals surface area contributed by atoms with Gasteiger partial charge in [0, 0.05) is 31.3 Å². The standard InChI is InChI=1S/C19H28BrNO4/c1-19(2,3)15-8-13(17(22)10-20)9-16(18(15)24-5)21-7-6-14(11-21)25-12-23-4/h8-9,14H,6-7,10-12H2,1-5H3/t14-/m0/s1. The van der Waals surface area contributed by atoms with Crippen LogP contribution in [0.1, 0.15) is 43.1 Å². The quantitative estimate of drug-likeness (QED) is 0.386. The average Bonchev–Trinajstić information content (AvgIpc) is 3.05. The first-order valence-electron chi connectivity index (χ1n) is 8.49. The Hall–Kier alpha value is -1.11. The third kappa shape index (κ3) is 4.74. The molecule has 2 rings (SSSR count). The maximum atomic E-state index is 12.3. The van der Waals surface area contributed by atoms with Crippen LogP contribution in [0, 0.1) is 0 Å². The van der Waals surface area contributed by atoms with E-state index in [-0.39, 0.29) is 17.3 Å². The van der Waals surface area contributed by atoms with Crippen LogP contribution in [0.4, 0.5) is 5.69 Å². The number of halogens is 1. The third-order valence-corrected chi connectivity index (χ3v) is 4.94. The molecule has 0 aliphatic carbocycles. The molecule has 0 bridgehead atoms. The van der Waals surface area contributed by atoms with Gasteiger partial charge in [0.1, 0.15) is 12.5 Å². The van der Waals surface area contributed by atoms with Crippen LogP contribution >= 0.6 is 15.9 Å². The van der Waals surface area contributed by atoms with E-state index in [0.717, 1.165) is 36.5 Å². The molecule has 0 spiro atoms. The van der Waals surface area contributed by atoms with Crippen LogP contribution in [-0.2, 0) is 14.9 Å². The molecule has 0 amide bonds. The molecule has 5 nitrogen and oxygen atoms in total. The highest BCUT2D eigenvalue weighted by Gasteiger charge is 2.30. The van der Waals surface area contributed by atoms with Gasteiger partial charge in [-0.05, 0) is 24.0 Å². The molecule has 6 heteroatoms. The smallest absolute Gasteiger partial charge is 0.173 e. The van der Waals surface area contributed by atoms with Gasteiger partial charge in [-0.2, -0.15) is 0 Å². The Labute approximate surface area is 158 Å². The van der Waals surface area contributed by atoms with E-state index in [0.29, 0.717) is 17.7 Å². The summed E-state index contributed by atoms with van der Waals surface area (Å²) in [5.74, 6) is 0.909. The van der Waals surface area contributed by atoms with E-state index in [1.54, 1.807) is 14.2 Å². The highest BCUT2D eigenvalue weighted by atomic mass is 79.9. The summed E-state index contributed by atoms with van der Waals surface area (Å²) < 4.78 is 16.5. The molecule has 1 atom stereocenters. The second-order valence-corrected chi connectivity index (χ2v) is 7.87. The Morgan fingerprint density at radius 1 is 1.32 bits per heavy atom. The normalized spacial score (nSPS) is 17.8. The Kier molecular flexibility index (Phi) is 6.88. The van der Waals surface area contributed by atoms with Gasteiger partial charge in [0.05, 0.1) is 24.2 Å². The molecule has 1 aromatic carbocycles. The van der Waals surface area contributed by atoms with Crippen molar-refractivity contribution in [2.24, 2.45) is 0 Å². The van der Waals surface area contributed by atoms with E-state index >= 15 is 0 Å². The first-order chi connectivity index (χ1) is 11.8. The topological polar surface area (TPSA) is 48.0 Å². The van der Waals surface area contributed by atoms with Crippen LogP contribution in [0.25, 0.3) is 0 Å². The number of hydrogen-bond donors (Lipinski definition) is 0. The number of methoxy groups -OCH3 is 2. The van der Waals surface area contributed by atoms with Gasteiger partial charge in [0.2, 0.25) is 0 Å². The SMILES string of the molecule is COCO[C@H]1CCN(c2cc(C(=O)CBr)cc(C(C)(C)C)c2OC)C1. The van der Waals surface area contributed by atoms with Crippen molar-refractivity contribution in [2.45, 2.75) is 38.7 Å².